The number of halogens is 2. The molecule has 2 unspecified atom stereocenters. The highest BCUT2D eigenvalue weighted by Gasteiger charge is 2.41. The smallest absolute Gasteiger partial charge is 0.250 e. The van der Waals surface area contributed by atoms with Crippen molar-refractivity contribution >= 4 is 5.82 Å². The molecule has 0 amide bonds. The number of pyridine rings is 1. The van der Waals surface area contributed by atoms with Gasteiger partial charge >= 0.3 is 0 Å². The van der Waals surface area contributed by atoms with Crippen LogP contribution < -0.4 is 15.8 Å². The van der Waals surface area contributed by atoms with E-state index in [0.717, 1.165) is 19.3 Å². The second-order valence-corrected chi connectivity index (χ2v) is 9.23. The first-order valence-corrected chi connectivity index (χ1v) is 11.5. The fraction of sp³-hybridized carbons (Fsp3) is 0.400. The van der Waals surface area contributed by atoms with Crippen LogP contribution >= 0.6 is 0 Å². The summed E-state index contributed by atoms with van der Waals surface area (Å²) in [7, 11) is 3.42. The van der Waals surface area contributed by atoms with Gasteiger partial charge in [0.15, 0.2) is 0 Å². The summed E-state index contributed by atoms with van der Waals surface area (Å²) < 4.78 is 31.4. The van der Waals surface area contributed by atoms with Gasteiger partial charge in [-0.3, -0.25) is 9.78 Å². The minimum absolute atomic E-state index is 0.119. The Kier molecular flexibility index (Phi) is 5.81. The van der Waals surface area contributed by atoms with Gasteiger partial charge in [-0.2, -0.15) is 0 Å². The third kappa shape index (κ3) is 4.04. The molecule has 34 heavy (non-hydrogen) atoms. The predicted molar refractivity (Wildman–Crippen MR) is 126 cm³/mol. The van der Waals surface area contributed by atoms with E-state index in [2.05, 4.69) is 15.3 Å². The van der Waals surface area contributed by atoms with Gasteiger partial charge in [0.2, 0.25) is 0 Å². The number of fused-ring (bicyclic) bond motifs is 2. The number of rotatable bonds is 4. The lowest BCUT2D eigenvalue weighted by Gasteiger charge is -2.46. The summed E-state index contributed by atoms with van der Waals surface area (Å²) in [5.41, 5.74) is 0.695. The van der Waals surface area contributed by atoms with Gasteiger partial charge in [0.05, 0.1) is 24.1 Å². The molecule has 0 spiro atoms. The first-order valence-electron chi connectivity index (χ1n) is 11.5. The molecule has 9 heteroatoms. The van der Waals surface area contributed by atoms with Gasteiger partial charge in [-0.25, -0.2) is 13.8 Å². The van der Waals surface area contributed by atoms with Crippen molar-refractivity contribution in [2.75, 3.05) is 11.9 Å². The van der Waals surface area contributed by atoms with Gasteiger partial charge in [0.1, 0.15) is 23.6 Å². The van der Waals surface area contributed by atoms with Gasteiger partial charge in [-0.05, 0) is 43.0 Å². The monoisotopic (exact) mass is 467 g/mol. The van der Waals surface area contributed by atoms with Gasteiger partial charge in [-0.15, -0.1) is 0 Å². The lowest BCUT2D eigenvalue weighted by atomic mass is 9.82. The average molecular weight is 468 g/mol. The maximum Gasteiger partial charge on any atom is 0.250 e. The lowest BCUT2D eigenvalue weighted by Crippen LogP contribution is -2.61. The number of phenols is 1. The normalized spacial score (nSPS) is 24.1. The molecule has 4 heterocycles. The Bertz CT molecular complexity index is 1260. The number of benzene rings is 1. The molecule has 2 N–H and O–H groups in total. The van der Waals surface area contributed by atoms with Crippen LogP contribution in [0.5, 0.6) is 5.75 Å². The van der Waals surface area contributed by atoms with E-state index in [1.165, 1.54) is 35.2 Å². The highest BCUT2D eigenvalue weighted by atomic mass is 19.1. The number of nitrogens with zero attached hydrogens (tertiary/aromatic N) is 4. The van der Waals surface area contributed by atoms with Gasteiger partial charge < -0.3 is 19.9 Å². The highest BCUT2D eigenvalue weighted by molar-refractivity contribution is 5.74. The van der Waals surface area contributed by atoms with E-state index in [0.29, 0.717) is 29.5 Å². The van der Waals surface area contributed by atoms with Crippen molar-refractivity contribution in [3.8, 4) is 28.1 Å². The third-order valence-corrected chi connectivity index (χ3v) is 7.07. The number of alkyl halides is 1. The minimum atomic E-state index is -0.997. The number of aromatic nitrogens is 3. The molecule has 2 fully saturated rings. The maximum absolute atomic E-state index is 15.1. The van der Waals surface area contributed by atoms with E-state index in [1.807, 2.05) is 11.9 Å². The SMILES string of the molecule is CN(c1cnc(-c2cc(F)c(-c3ccn(C)c(=O)c3)cc2O)cn1)[C@@H]1CC2CCCC(N2)[C@@H]1F. The van der Waals surface area contributed by atoms with Crippen LogP contribution in [0.25, 0.3) is 22.4 Å². The average Bonchev–Trinajstić information content (AvgIpc) is 2.84. The Morgan fingerprint density at radius 1 is 1.18 bits per heavy atom. The summed E-state index contributed by atoms with van der Waals surface area (Å²) in [5, 5.41) is 14.0. The summed E-state index contributed by atoms with van der Waals surface area (Å²) >= 11 is 0. The fourth-order valence-corrected chi connectivity index (χ4v) is 5.07. The van der Waals surface area contributed by atoms with E-state index in [9.17, 15) is 14.3 Å². The van der Waals surface area contributed by atoms with Crippen LogP contribution in [-0.4, -0.2) is 51.0 Å². The topological polar surface area (TPSA) is 83.3 Å². The lowest BCUT2D eigenvalue weighted by molar-refractivity contribution is 0.107. The molecule has 2 aliphatic heterocycles. The molecule has 0 aliphatic carbocycles. The first kappa shape index (κ1) is 22.5. The number of aryl methyl sites for hydroxylation is 1. The second kappa shape index (κ2) is 8.79. The van der Waals surface area contributed by atoms with Gasteiger partial charge in [0.25, 0.3) is 5.56 Å². The van der Waals surface area contributed by atoms with Crippen LogP contribution in [0.4, 0.5) is 14.6 Å². The van der Waals surface area contributed by atoms with E-state index in [-0.39, 0.29) is 34.5 Å². The van der Waals surface area contributed by atoms with E-state index in [1.54, 1.807) is 19.3 Å². The Morgan fingerprint density at radius 3 is 2.74 bits per heavy atom. The molecule has 2 aromatic heterocycles. The molecule has 0 radical (unpaired) electrons. The summed E-state index contributed by atoms with van der Waals surface area (Å²) in [4.78, 5) is 22.5. The van der Waals surface area contributed by atoms with Crippen molar-refractivity contribution in [2.24, 2.45) is 7.05 Å². The van der Waals surface area contributed by atoms with Crippen molar-refractivity contribution in [2.45, 2.75) is 50.0 Å². The fourth-order valence-electron chi connectivity index (χ4n) is 5.07. The molecule has 2 saturated heterocycles. The van der Waals surface area contributed by atoms with Crippen LogP contribution in [0.3, 0.4) is 0 Å². The number of nitrogens with one attached hydrogen (secondary N) is 1. The Labute approximate surface area is 196 Å². The molecule has 3 aromatic rings. The van der Waals surface area contributed by atoms with Crippen LogP contribution in [-0.2, 0) is 7.05 Å². The van der Waals surface area contributed by atoms with Crippen molar-refractivity contribution in [3.63, 3.8) is 0 Å². The Morgan fingerprint density at radius 2 is 2.00 bits per heavy atom. The molecule has 178 valence electrons. The van der Waals surface area contributed by atoms with Crippen LogP contribution in [0, 0.1) is 5.82 Å². The van der Waals surface area contributed by atoms with Crippen LogP contribution in [0.15, 0.2) is 47.7 Å². The third-order valence-electron chi connectivity index (χ3n) is 7.07. The van der Waals surface area contributed by atoms with Crippen molar-refractivity contribution in [1.82, 2.24) is 19.9 Å². The molecule has 5 rings (SSSR count). The minimum Gasteiger partial charge on any atom is -0.507 e. The number of aromatic hydroxyl groups is 1. The van der Waals surface area contributed by atoms with E-state index in [4.69, 9.17) is 0 Å². The summed E-state index contributed by atoms with van der Waals surface area (Å²) in [6.45, 7) is 0. The van der Waals surface area contributed by atoms with Crippen LogP contribution in [0.2, 0.25) is 0 Å². The van der Waals surface area contributed by atoms with Gasteiger partial charge in [0, 0.05) is 49.6 Å². The zero-order valence-corrected chi connectivity index (χ0v) is 19.1. The zero-order chi connectivity index (χ0) is 24.0. The molecular weight excluding hydrogens is 440 g/mol. The largest absolute Gasteiger partial charge is 0.507 e. The molecule has 1 aromatic carbocycles. The highest BCUT2D eigenvalue weighted by Crippen LogP contribution is 2.35. The summed E-state index contributed by atoms with van der Waals surface area (Å²) in [5.74, 6) is -0.249. The van der Waals surface area contributed by atoms with Gasteiger partial charge in [-0.1, -0.05) is 6.42 Å². The Hall–Kier alpha value is -3.33. The van der Waals surface area contributed by atoms with Crippen molar-refractivity contribution < 1.29 is 13.9 Å². The van der Waals surface area contributed by atoms with Crippen molar-refractivity contribution in [3.05, 3.63) is 59.0 Å². The number of anilines is 1. The molecule has 2 bridgehead atoms. The molecule has 4 atom stereocenters. The van der Waals surface area contributed by atoms with E-state index < -0.39 is 12.0 Å². The first-order chi connectivity index (χ1) is 16.3. The van der Waals surface area contributed by atoms with E-state index >= 15 is 4.39 Å². The molecular formula is C25H27F2N5O2. The predicted octanol–water partition coefficient (Wildman–Crippen LogP) is 3.41. The second-order valence-electron chi connectivity index (χ2n) is 9.23. The molecule has 2 aliphatic rings. The number of hydrogen-bond donors (Lipinski definition) is 2. The van der Waals surface area contributed by atoms with Crippen molar-refractivity contribution in [1.29, 1.82) is 0 Å². The quantitative estimate of drug-likeness (QED) is 0.612. The Balaban J connectivity index is 1.39. The molecule has 7 nitrogen and oxygen atoms in total. The number of phenolic OH excluding ortho intramolecular Hbond substituents is 1. The number of hydrogen-bond acceptors (Lipinski definition) is 6. The summed E-state index contributed by atoms with van der Waals surface area (Å²) in [6, 6.07) is 5.28. The summed E-state index contributed by atoms with van der Waals surface area (Å²) in [6.07, 6.45) is 7.16. The van der Waals surface area contributed by atoms with Crippen LogP contribution in [0.1, 0.15) is 25.7 Å². The molecule has 0 saturated carbocycles. The standard InChI is InChI=1S/C25H27F2N5O2/c1-31-7-6-14(8-24(31)34)16-11-22(33)17(10-18(16)26)20-12-29-23(13-28-20)32(2)21-9-15-4-3-5-19(30-15)25(21)27/h6-8,10-13,15,19,21,25,30,33H,3-5,9H2,1-2H3/t15?,19?,21-,25+/m1/s1. The maximum atomic E-state index is 15.1. The number of piperidine rings is 2. The zero-order valence-electron chi connectivity index (χ0n) is 19.1.